The number of ether oxygens (including phenoxy) is 3. The molecule has 1 N–H and O–H groups in total. The van der Waals surface area contributed by atoms with Gasteiger partial charge in [-0.15, -0.1) is 0 Å². The molecule has 0 amide bonds. The third-order valence-corrected chi connectivity index (χ3v) is 3.49. The van der Waals surface area contributed by atoms with Crippen molar-refractivity contribution in [3.8, 4) is 11.5 Å². The van der Waals surface area contributed by atoms with Crippen LogP contribution in [0, 0.1) is 5.92 Å². The highest BCUT2D eigenvalue weighted by atomic mass is 16.5. The zero-order valence-corrected chi connectivity index (χ0v) is 13.6. The second-order valence-corrected chi connectivity index (χ2v) is 6.05. The molecule has 0 saturated carbocycles. The van der Waals surface area contributed by atoms with Gasteiger partial charge in [0.15, 0.2) is 0 Å². The van der Waals surface area contributed by atoms with E-state index in [1.54, 1.807) is 7.11 Å². The topological polar surface area (TPSA) is 39.7 Å². The summed E-state index contributed by atoms with van der Waals surface area (Å²) >= 11 is 0. The zero-order chi connectivity index (χ0) is 15.2. The van der Waals surface area contributed by atoms with Gasteiger partial charge < -0.3 is 19.5 Å². The molecule has 4 heteroatoms. The zero-order valence-electron chi connectivity index (χ0n) is 13.6. The lowest BCUT2D eigenvalue weighted by molar-refractivity contribution is 0.111. The van der Waals surface area contributed by atoms with Crippen molar-refractivity contribution >= 4 is 0 Å². The molecule has 1 heterocycles. The maximum Gasteiger partial charge on any atom is 0.123 e. The van der Waals surface area contributed by atoms with Crippen LogP contribution in [-0.4, -0.2) is 33.0 Å². The second-order valence-electron chi connectivity index (χ2n) is 6.05. The van der Waals surface area contributed by atoms with Crippen LogP contribution >= 0.6 is 0 Å². The molecule has 1 unspecified atom stereocenters. The Morgan fingerprint density at radius 1 is 1.38 bits per heavy atom. The predicted molar refractivity (Wildman–Crippen MR) is 84.2 cm³/mol. The molecule has 118 valence electrons. The Hall–Kier alpha value is -1.26. The summed E-state index contributed by atoms with van der Waals surface area (Å²) in [5.41, 5.74) is 2.37. The lowest BCUT2D eigenvalue weighted by Gasteiger charge is -2.12. The molecule has 0 radical (unpaired) electrons. The van der Waals surface area contributed by atoms with Crippen molar-refractivity contribution in [1.82, 2.24) is 5.32 Å². The molecule has 0 fully saturated rings. The Bertz CT molecular complexity index is 460. The standard InChI is InChI=1S/C17H27NO3/c1-12(2)11-20-6-5-18-10-15-9-17-14(7-13(3)21-17)8-16(15)19-4/h8-9,12-13,18H,5-7,10-11H2,1-4H3. The molecule has 21 heavy (non-hydrogen) atoms. The molecular weight excluding hydrogens is 266 g/mol. The van der Waals surface area contributed by atoms with Crippen molar-refractivity contribution in [2.45, 2.75) is 39.8 Å². The lowest BCUT2D eigenvalue weighted by atomic mass is 10.1. The van der Waals surface area contributed by atoms with Crippen LogP contribution in [0.15, 0.2) is 12.1 Å². The van der Waals surface area contributed by atoms with E-state index in [1.165, 1.54) is 5.56 Å². The molecule has 0 spiro atoms. The highest BCUT2D eigenvalue weighted by molar-refractivity contribution is 5.48. The second kappa shape index (κ2) is 7.66. The Labute approximate surface area is 127 Å². The van der Waals surface area contributed by atoms with Gasteiger partial charge in [-0.25, -0.2) is 0 Å². The van der Waals surface area contributed by atoms with Crippen molar-refractivity contribution in [3.63, 3.8) is 0 Å². The van der Waals surface area contributed by atoms with Crippen LogP contribution in [0.3, 0.4) is 0 Å². The molecule has 0 aromatic heterocycles. The number of hydrogen-bond donors (Lipinski definition) is 1. The third-order valence-electron chi connectivity index (χ3n) is 3.49. The highest BCUT2D eigenvalue weighted by Crippen LogP contribution is 2.34. The van der Waals surface area contributed by atoms with Crippen LogP contribution < -0.4 is 14.8 Å². The van der Waals surface area contributed by atoms with Crippen LogP contribution in [0.2, 0.25) is 0 Å². The number of methoxy groups -OCH3 is 1. The first kappa shape index (κ1) is 16.1. The fourth-order valence-corrected chi connectivity index (χ4v) is 2.50. The van der Waals surface area contributed by atoms with E-state index in [2.05, 4.69) is 38.2 Å². The van der Waals surface area contributed by atoms with E-state index in [-0.39, 0.29) is 6.10 Å². The summed E-state index contributed by atoms with van der Waals surface area (Å²) in [5, 5.41) is 3.39. The average molecular weight is 293 g/mol. The summed E-state index contributed by atoms with van der Waals surface area (Å²) in [5.74, 6) is 2.51. The fourth-order valence-electron chi connectivity index (χ4n) is 2.50. The van der Waals surface area contributed by atoms with Crippen LogP contribution in [-0.2, 0) is 17.7 Å². The third kappa shape index (κ3) is 4.61. The summed E-state index contributed by atoms with van der Waals surface area (Å²) in [6.45, 7) is 9.56. The van der Waals surface area contributed by atoms with Gasteiger partial charge in [-0.1, -0.05) is 13.8 Å². The Balaban J connectivity index is 1.84. The molecule has 0 saturated heterocycles. The number of benzene rings is 1. The number of fused-ring (bicyclic) bond motifs is 1. The van der Waals surface area contributed by atoms with E-state index in [9.17, 15) is 0 Å². The van der Waals surface area contributed by atoms with Gasteiger partial charge >= 0.3 is 0 Å². The minimum atomic E-state index is 0.261. The Kier molecular flexibility index (Phi) is 5.88. The Morgan fingerprint density at radius 2 is 2.19 bits per heavy atom. The predicted octanol–water partition coefficient (Wildman–Crippen LogP) is 2.78. The number of nitrogens with one attached hydrogen (secondary N) is 1. The summed E-state index contributed by atoms with van der Waals surface area (Å²) < 4.78 is 16.9. The highest BCUT2D eigenvalue weighted by Gasteiger charge is 2.21. The molecule has 1 atom stereocenters. The summed E-state index contributed by atoms with van der Waals surface area (Å²) in [4.78, 5) is 0. The molecule has 0 aliphatic carbocycles. The summed E-state index contributed by atoms with van der Waals surface area (Å²) in [6, 6.07) is 4.20. The van der Waals surface area contributed by atoms with Crippen molar-refractivity contribution in [1.29, 1.82) is 0 Å². The minimum absolute atomic E-state index is 0.261. The van der Waals surface area contributed by atoms with Crippen molar-refractivity contribution in [3.05, 3.63) is 23.3 Å². The molecule has 1 aliphatic rings. The van der Waals surface area contributed by atoms with E-state index >= 15 is 0 Å². The molecule has 2 rings (SSSR count). The molecule has 1 aliphatic heterocycles. The van der Waals surface area contributed by atoms with Crippen LogP contribution in [0.4, 0.5) is 0 Å². The van der Waals surface area contributed by atoms with Gasteiger partial charge in [-0.3, -0.25) is 0 Å². The lowest BCUT2D eigenvalue weighted by Crippen LogP contribution is -2.20. The van der Waals surface area contributed by atoms with Crippen molar-refractivity contribution < 1.29 is 14.2 Å². The van der Waals surface area contributed by atoms with Crippen LogP contribution in [0.5, 0.6) is 11.5 Å². The largest absolute Gasteiger partial charge is 0.496 e. The van der Waals surface area contributed by atoms with Crippen molar-refractivity contribution in [2.24, 2.45) is 5.92 Å². The average Bonchev–Trinajstić information content (AvgIpc) is 2.80. The molecule has 1 aromatic rings. The monoisotopic (exact) mass is 293 g/mol. The molecule has 1 aromatic carbocycles. The van der Waals surface area contributed by atoms with Gasteiger partial charge in [0.2, 0.25) is 0 Å². The fraction of sp³-hybridized carbons (Fsp3) is 0.647. The van der Waals surface area contributed by atoms with Crippen LogP contribution in [0.25, 0.3) is 0 Å². The van der Waals surface area contributed by atoms with E-state index in [4.69, 9.17) is 14.2 Å². The molecular formula is C17H27NO3. The van der Waals surface area contributed by atoms with E-state index in [0.717, 1.165) is 49.8 Å². The first-order valence-corrected chi connectivity index (χ1v) is 7.75. The molecule has 0 bridgehead atoms. The maximum atomic E-state index is 5.81. The molecule has 4 nitrogen and oxygen atoms in total. The van der Waals surface area contributed by atoms with Gasteiger partial charge in [-0.2, -0.15) is 0 Å². The summed E-state index contributed by atoms with van der Waals surface area (Å²) in [7, 11) is 1.72. The summed E-state index contributed by atoms with van der Waals surface area (Å²) in [6.07, 6.45) is 1.22. The smallest absolute Gasteiger partial charge is 0.123 e. The van der Waals surface area contributed by atoms with Gasteiger partial charge in [0.1, 0.15) is 17.6 Å². The minimum Gasteiger partial charge on any atom is -0.496 e. The van der Waals surface area contributed by atoms with E-state index < -0.39 is 0 Å². The first-order valence-electron chi connectivity index (χ1n) is 7.75. The quantitative estimate of drug-likeness (QED) is 0.748. The van der Waals surface area contributed by atoms with Crippen molar-refractivity contribution in [2.75, 3.05) is 26.9 Å². The maximum absolute atomic E-state index is 5.81. The number of rotatable bonds is 8. The number of hydrogen-bond acceptors (Lipinski definition) is 4. The Morgan fingerprint density at radius 3 is 2.90 bits per heavy atom. The normalized spacial score (nSPS) is 16.9. The SMILES string of the molecule is COc1cc2c(cc1CNCCOCC(C)C)OC(C)C2. The van der Waals surface area contributed by atoms with Gasteiger partial charge in [0.25, 0.3) is 0 Å². The van der Waals surface area contributed by atoms with Gasteiger partial charge in [0, 0.05) is 37.2 Å². The first-order chi connectivity index (χ1) is 10.1. The van der Waals surface area contributed by atoms with Gasteiger partial charge in [0.05, 0.1) is 13.7 Å². The van der Waals surface area contributed by atoms with E-state index in [1.807, 2.05) is 0 Å². The van der Waals surface area contributed by atoms with E-state index in [0.29, 0.717) is 5.92 Å². The van der Waals surface area contributed by atoms with Crippen LogP contribution in [0.1, 0.15) is 31.9 Å². The van der Waals surface area contributed by atoms with Gasteiger partial charge in [-0.05, 0) is 25.0 Å².